The number of aryl methyl sites for hydroxylation is 2. The van der Waals surface area contributed by atoms with E-state index in [2.05, 4.69) is 5.10 Å². The molecule has 0 radical (unpaired) electrons. The van der Waals surface area contributed by atoms with Gasteiger partial charge >= 0.3 is 0 Å². The SMILES string of the molecule is CCC(=O)CCc1ccn(C)n1. The van der Waals surface area contributed by atoms with Gasteiger partial charge in [-0.05, 0) is 12.5 Å². The number of carbonyl (C=O) groups is 1. The van der Waals surface area contributed by atoms with Gasteiger partial charge in [-0.2, -0.15) is 5.10 Å². The average molecular weight is 166 g/mol. The predicted octanol–water partition coefficient (Wildman–Crippen LogP) is 1.33. The van der Waals surface area contributed by atoms with Crippen molar-refractivity contribution in [3.05, 3.63) is 18.0 Å². The van der Waals surface area contributed by atoms with Crippen LogP contribution in [0.5, 0.6) is 0 Å². The van der Waals surface area contributed by atoms with Crippen LogP contribution in [0.3, 0.4) is 0 Å². The summed E-state index contributed by atoms with van der Waals surface area (Å²) in [5.74, 6) is 0.306. The Hall–Kier alpha value is -1.12. The van der Waals surface area contributed by atoms with Gasteiger partial charge in [0.05, 0.1) is 5.69 Å². The molecule has 0 aliphatic heterocycles. The van der Waals surface area contributed by atoms with Gasteiger partial charge in [0.2, 0.25) is 0 Å². The maximum absolute atomic E-state index is 11.0. The van der Waals surface area contributed by atoms with Crippen molar-refractivity contribution >= 4 is 5.78 Å². The molecule has 12 heavy (non-hydrogen) atoms. The molecule has 1 heterocycles. The van der Waals surface area contributed by atoms with Gasteiger partial charge in [-0.25, -0.2) is 0 Å². The third-order valence-corrected chi connectivity index (χ3v) is 1.82. The monoisotopic (exact) mass is 166 g/mol. The number of Topliss-reactive ketones (excluding diaryl/α,β-unsaturated/α-hetero) is 1. The van der Waals surface area contributed by atoms with E-state index >= 15 is 0 Å². The number of hydrogen-bond donors (Lipinski definition) is 0. The quantitative estimate of drug-likeness (QED) is 0.676. The Morgan fingerprint density at radius 1 is 1.67 bits per heavy atom. The number of hydrogen-bond acceptors (Lipinski definition) is 2. The molecule has 0 saturated carbocycles. The second-order valence-corrected chi connectivity index (χ2v) is 2.87. The van der Waals surface area contributed by atoms with Gasteiger partial charge in [0.1, 0.15) is 5.78 Å². The molecule has 0 spiro atoms. The van der Waals surface area contributed by atoms with Crippen LogP contribution in [0.4, 0.5) is 0 Å². The fourth-order valence-electron chi connectivity index (χ4n) is 1.04. The summed E-state index contributed by atoms with van der Waals surface area (Å²) in [6, 6.07) is 1.95. The van der Waals surface area contributed by atoms with E-state index in [9.17, 15) is 4.79 Å². The van der Waals surface area contributed by atoms with E-state index in [0.717, 1.165) is 12.1 Å². The molecule has 0 atom stereocenters. The molecular formula is C9H14N2O. The summed E-state index contributed by atoms with van der Waals surface area (Å²) in [6.07, 6.45) is 3.92. The second-order valence-electron chi connectivity index (χ2n) is 2.87. The zero-order chi connectivity index (χ0) is 8.97. The molecule has 0 bridgehead atoms. The lowest BCUT2D eigenvalue weighted by molar-refractivity contribution is -0.118. The Bertz CT molecular complexity index is 265. The summed E-state index contributed by atoms with van der Waals surface area (Å²) in [6.45, 7) is 1.89. The van der Waals surface area contributed by atoms with Crippen LogP contribution in [0, 0.1) is 0 Å². The first-order chi connectivity index (χ1) is 5.72. The largest absolute Gasteiger partial charge is 0.300 e. The molecule has 3 nitrogen and oxygen atoms in total. The minimum Gasteiger partial charge on any atom is -0.300 e. The lowest BCUT2D eigenvalue weighted by Gasteiger charge is -1.93. The Kier molecular flexibility index (Phi) is 3.02. The van der Waals surface area contributed by atoms with Gasteiger partial charge < -0.3 is 0 Å². The Balaban J connectivity index is 2.38. The van der Waals surface area contributed by atoms with Crippen molar-refractivity contribution in [2.24, 2.45) is 7.05 Å². The van der Waals surface area contributed by atoms with Crippen LogP contribution in [0.15, 0.2) is 12.3 Å². The summed E-state index contributed by atoms with van der Waals surface area (Å²) in [5, 5.41) is 4.18. The fourth-order valence-corrected chi connectivity index (χ4v) is 1.04. The highest BCUT2D eigenvalue weighted by atomic mass is 16.1. The average Bonchev–Trinajstić information content (AvgIpc) is 2.47. The zero-order valence-electron chi connectivity index (χ0n) is 7.58. The van der Waals surface area contributed by atoms with Crippen molar-refractivity contribution in [1.29, 1.82) is 0 Å². The van der Waals surface area contributed by atoms with Crippen LogP contribution < -0.4 is 0 Å². The van der Waals surface area contributed by atoms with E-state index in [1.807, 2.05) is 26.2 Å². The van der Waals surface area contributed by atoms with Crippen molar-refractivity contribution in [3.8, 4) is 0 Å². The highest BCUT2D eigenvalue weighted by Gasteiger charge is 2.01. The first-order valence-electron chi connectivity index (χ1n) is 4.22. The molecule has 1 aromatic rings. The normalized spacial score (nSPS) is 10.2. The highest BCUT2D eigenvalue weighted by molar-refractivity contribution is 5.78. The molecule has 0 unspecified atom stereocenters. The lowest BCUT2D eigenvalue weighted by Crippen LogP contribution is -1.99. The number of ketones is 1. The first kappa shape index (κ1) is 8.97. The van der Waals surface area contributed by atoms with Crippen LogP contribution in [0.25, 0.3) is 0 Å². The van der Waals surface area contributed by atoms with Crippen molar-refractivity contribution in [1.82, 2.24) is 9.78 Å². The van der Waals surface area contributed by atoms with Crippen molar-refractivity contribution in [2.75, 3.05) is 0 Å². The van der Waals surface area contributed by atoms with Crippen LogP contribution in [-0.4, -0.2) is 15.6 Å². The van der Waals surface area contributed by atoms with E-state index in [1.54, 1.807) is 4.68 Å². The minimum atomic E-state index is 0.306. The summed E-state index contributed by atoms with van der Waals surface area (Å²) in [7, 11) is 1.88. The lowest BCUT2D eigenvalue weighted by atomic mass is 10.1. The Morgan fingerprint density at radius 3 is 2.92 bits per heavy atom. The van der Waals surface area contributed by atoms with Crippen LogP contribution >= 0.6 is 0 Å². The Morgan fingerprint density at radius 2 is 2.42 bits per heavy atom. The standard InChI is InChI=1S/C9H14N2O/c1-3-9(12)5-4-8-6-7-11(2)10-8/h6-7H,3-5H2,1-2H3. The molecule has 3 heteroatoms. The molecule has 0 aliphatic carbocycles. The number of rotatable bonds is 4. The van der Waals surface area contributed by atoms with Crippen molar-refractivity contribution < 1.29 is 4.79 Å². The molecular weight excluding hydrogens is 152 g/mol. The van der Waals surface area contributed by atoms with E-state index < -0.39 is 0 Å². The first-order valence-corrected chi connectivity index (χ1v) is 4.22. The molecule has 0 amide bonds. The molecule has 1 aromatic heterocycles. The minimum absolute atomic E-state index is 0.306. The van der Waals surface area contributed by atoms with Gasteiger partial charge in [0, 0.05) is 26.1 Å². The molecule has 1 rings (SSSR count). The van der Waals surface area contributed by atoms with Crippen LogP contribution in [-0.2, 0) is 18.3 Å². The van der Waals surface area contributed by atoms with Gasteiger partial charge in [-0.3, -0.25) is 9.48 Å². The van der Waals surface area contributed by atoms with Crippen LogP contribution in [0.1, 0.15) is 25.5 Å². The van der Waals surface area contributed by atoms with Crippen molar-refractivity contribution in [3.63, 3.8) is 0 Å². The molecule has 0 fully saturated rings. The topological polar surface area (TPSA) is 34.9 Å². The van der Waals surface area contributed by atoms with E-state index in [-0.39, 0.29) is 0 Å². The summed E-state index contributed by atoms with van der Waals surface area (Å²) in [4.78, 5) is 11.0. The third-order valence-electron chi connectivity index (χ3n) is 1.82. The highest BCUT2D eigenvalue weighted by Crippen LogP contribution is 2.00. The maximum atomic E-state index is 11.0. The van der Waals surface area contributed by atoms with Gasteiger partial charge in [-0.1, -0.05) is 6.92 Å². The maximum Gasteiger partial charge on any atom is 0.133 e. The molecule has 0 aromatic carbocycles. The smallest absolute Gasteiger partial charge is 0.133 e. The summed E-state index contributed by atoms with van der Waals surface area (Å²) in [5.41, 5.74) is 0.999. The third kappa shape index (κ3) is 2.49. The van der Waals surface area contributed by atoms with Gasteiger partial charge in [0.25, 0.3) is 0 Å². The summed E-state index contributed by atoms with van der Waals surface area (Å²) >= 11 is 0. The Labute approximate surface area is 72.4 Å². The van der Waals surface area contributed by atoms with E-state index in [1.165, 1.54) is 0 Å². The van der Waals surface area contributed by atoms with E-state index in [0.29, 0.717) is 18.6 Å². The van der Waals surface area contributed by atoms with Crippen molar-refractivity contribution in [2.45, 2.75) is 26.2 Å². The van der Waals surface area contributed by atoms with Crippen LogP contribution in [0.2, 0.25) is 0 Å². The molecule has 66 valence electrons. The fraction of sp³-hybridized carbons (Fsp3) is 0.556. The zero-order valence-corrected chi connectivity index (χ0v) is 7.58. The van der Waals surface area contributed by atoms with Gasteiger partial charge in [0.15, 0.2) is 0 Å². The summed E-state index contributed by atoms with van der Waals surface area (Å²) < 4.78 is 1.76. The molecule has 0 N–H and O–H groups in total. The van der Waals surface area contributed by atoms with Gasteiger partial charge in [-0.15, -0.1) is 0 Å². The molecule has 0 saturated heterocycles. The van der Waals surface area contributed by atoms with E-state index in [4.69, 9.17) is 0 Å². The predicted molar refractivity (Wildman–Crippen MR) is 46.8 cm³/mol. The number of carbonyl (C=O) groups excluding carboxylic acids is 1. The molecule has 0 aliphatic rings. The second kappa shape index (κ2) is 4.04. The number of nitrogens with zero attached hydrogens (tertiary/aromatic N) is 2. The number of aromatic nitrogens is 2.